The Hall–Kier alpha value is -0.910. The third-order valence-electron chi connectivity index (χ3n) is 11.1. The number of hydrogen-bond donors (Lipinski definition) is 4. The summed E-state index contributed by atoms with van der Waals surface area (Å²) in [6.07, 6.45) is 50.9. The summed E-state index contributed by atoms with van der Waals surface area (Å²) in [6, 6.07) is -0.708. The number of amides is 1. The number of carbonyl (C=O) groups excluding carboxylic acids is 1. The number of allylic oxidation sites excluding steroid dienone is 2. The van der Waals surface area contributed by atoms with Crippen LogP contribution in [0.3, 0.4) is 0 Å². The van der Waals surface area contributed by atoms with E-state index in [0.29, 0.717) is 12.8 Å². The first-order valence-corrected chi connectivity index (χ1v) is 23.5. The van der Waals surface area contributed by atoms with Crippen molar-refractivity contribution >= 4 is 5.91 Å². The number of hydrogen-bond acceptors (Lipinski definition) is 4. The number of unbranched alkanes of at least 4 members (excludes halogenated alkanes) is 33. The van der Waals surface area contributed by atoms with E-state index < -0.39 is 24.2 Å². The highest BCUT2D eigenvalue weighted by Crippen LogP contribution is 2.16. The maximum atomic E-state index is 12.5. The molecule has 3 atom stereocenters. The number of carbonyl (C=O) groups is 1. The molecule has 0 bridgehead atoms. The molecule has 0 aromatic rings. The molecule has 0 rings (SSSR count). The van der Waals surface area contributed by atoms with E-state index >= 15 is 0 Å². The average Bonchev–Trinajstić information content (AvgIpc) is 3.15. The summed E-state index contributed by atoms with van der Waals surface area (Å²) >= 11 is 0. The van der Waals surface area contributed by atoms with Crippen LogP contribution in [-0.4, -0.2) is 46.1 Å². The first kappa shape index (κ1) is 51.1. The van der Waals surface area contributed by atoms with Crippen molar-refractivity contribution in [2.75, 3.05) is 6.61 Å². The van der Waals surface area contributed by atoms with E-state index in [1.54, 1.807) is 0 Å². The van der Waals surface area contributed by atoms with E-state index in [4.69, 9.17) is 0 Å². The third kappa shape index (κ3) is 37.4. The molecule has 0 heterocycles. The second kappa shape index (κ2) is 42.8. The number of aliphatic hydroxyl groups excluding tert-OH is 3. The highest BCUT2D eigenvalue weighted by atomic mass is 16.3. The molecule has 0 aromatic heterocycles. The van der Waals surface area contributed by atoms with Crippen molar-refractivity contribution in [3.8, 4) is 0 Å². The first-order valence-electron chi connectivity index (χ1n) is 23.5. The van der Waals surface area contributed by atoms with Gasteiger partial charge in [0, 0.05) is 0 Å². The molecule has 5 nitrogen and oxygen atoms in total. The van der Waals surface area contributed by atoms with Crippen molar-refractivity contribution in [3.63, 3.8) is 0 Å². The zero-order valence-electron chi connectivity index (χ0n) is 35.2. The average molecular weight is 736 g/mol. The van der Waals surface area contributed by atoms with E-state index in [0.717, 1.165) is 32.1 Å². The molecule has 4 N–H and O–H groups in total. The topological polar surface area (TPSA) is 89.8 Å². The maximum Gasteiger partial charge on any atom is 0.249 e. The SMILES string of the molecule is CCCCCCCCCCCCCC/C=C\CCCCCCCCCCCCCC(O)C(=O)NC(CO)C(O)CCCCCCCCCCCCC. The van der Waals surface area contributed by atoms with Crippen LogP contribution in [0, 0.1) is 0 Å². The Bertz CT molecular complexity index is 728. The molecule has 3 unspecified atom stereocenters. The molecule has 0 aliphatic carbocycles. The Kier molecular flexibility index (Phi) is 42.1. The standard InChI is InChI=1S/C47H93NO4/c1-3-5-7-9-11-13-15-16-17-18-19-20-21-22-23-24-25-26-27-28-29-30-32-34-36-38-40-42-46(51)47(52)48-44(43-49)45(50)41-39-37-35-33-31-14-12-10-8-6-4-2/h22-23,44-46,49-51H,3-21,24-43H2,1-2H3,(H,48,52)/b23-22-. The monoisotopic (exact) mass is 736 g/mol. The lowest BCUT2D eigenvalue weighted by atomic mass is 10.0. The summed E-state index contributed by atoms with van der Waals surface area (Å²) in [5.74, 6) is -0.470. The van der Waals surface area contributed by atoms with Crippen LogP contribution < -0.4 is 5.32 Å². The second-order valence-electron chi connectivity index (χ2n) is 16.3. The number of nitrogens with one attached hydrogen (secondary N) is 1. The Morgan fingerprint density at radius 3 is 1.06 bits per heavy atom. The van der Waals surface area contributed by atoms with Gasteiger partial charge in [-0.3, -0.25) is 4.79 Å². The van der Waals surface area contributed by atoms with E-state index in [1.807, 2.05) is 0 Å². The molecule has 52 heavy (non-hydrogen) atoms. The molecule has 0 fully saturated rings. The van der Waals surface area contributed by atoms with Crippen LogP contribution in [0.2, 0.25) is 0 Å². The van der Waals surface area contributed by atoms with Crippen LogP contribution in [0.25, 0.3) is 0 Å². The molecule has 0 radical (unpaired) electrons. The summed E-state index contributed by atoms with van der Waals surface area (Å²) in [5, 5.41) is 33.3. The van der Waals surface area contributed by atoms with Crippen molar-refractivity contribution in [1.82, 2.24) is 5.32 Å². The van der Waals surface area contributed by atoms with E-state index in [-0.39, 0.29) is 6.61 Å². The molecule has 0 aliphatic heterocycles. The normalized spacial score (nSPS) is 13.6. The van der Waals surface area contributed by atoms with Crippen LogP contribution in [0.15, 0.2) is 12.2 Å². The van der Waals surface area contributed by atoms with Gasteiger partial charge in [0.15, 0.2) is 0 Å². The summed E-state index contributed by atoms with van der Waals surface area (Å²) < 4.78 is 0. The fraction of sp³-hybridized carbons (Fsp3) is 0.936. The molecule has 310 valence electrons. The molecule has 0 aromatic carbocycles. The van der Waals surface area contributed by atoms with E-state index in [9.17, 15) is 20.1 Å². The minimum atomic E-state index is -1.07. The van der Waals surface area contributed by atoms with Crippen molar-refractivity contribution in [2.45, 2.75) is 276 Å². The molecule has 1 amide bonds. The van der Waals surface area contributed by atoms with Gasteiger partial charge < -0.3 is 20.6 Å². The van der Waals surface area contributed by atoms with E-state index in [2.05, 4.69) is 31.3 Å². The van der Waals surface area contributed by atoms with Crippen LogP contribution in [0.1, 0.15) is 258 Å². The highest BCUT2D eigenvalue weighted by molar-refractivity contribution is 5.80. The van der Waals surface area contributed by atoms with Gasteiger partial charge in [-0.15, -0.1) is 0 Å². The zero-order valence-corrected chi connectivity index (χ0v) is 35.2. The smallest absolute Gasteiger partial charge is 0.249 e. The Morgan fingerprint density at radius 2 is 0.731 bits per heavy atom. The predicted molar refractivity (Wildman–Crippen MR) is 227 cm³/mol. The molecule has 5 heteroatoms. The molecule has 0 aliphatic rings. The maximum absolute atomic E-state index is 12.5. The molecule has 0 saturated heterocycles. The number of rotatable bonds is 43. The Morgan fingerprint density at radius 1 is 0.442 bits per heavy atom. The molecular formula is C47H93NO4. The van der Waals surface area contributed by atoms with Gasteiger partial charge in [0.1, 0.15) is 6.10 Å². The molecular weight excluding hydrogens is 643 g/mol. The van der Waals surface area contributed by atoms with Crippen LogP contribution in [-0.2, 0) is 4.79 Å². The Labute approximate surface area is 325 Å². The van der Waals surface area contributed by atoms with Crippen molar-refractivity contribution in [2.24, 2.45) is 0 Å². The van der Waals surface area contributed by atoms with Crippen LogP contribution >= 0.6 is 0 Å². The largest absolute Gasteiger partial charge is 0.394 e. The minimum absolute atomic E-state index is 0.311. The number of aliphatic hydroxyl groups is 3. The minimum Gasteiger partial charge on any atom is -0.394 e. The fourth-order valence-electron chi connectivity index (χ4n) is 7.42. The third-order valence-corrected chi connectivity index (χ3v) is 11.1. The van der Waals surface area contributed by atoms with Crippen molar-refractivity contribution < 1.29 is 20.1 Å². The first-order chi connectivity index (χ1) is 25.6. The van der Waals surface area contributed by atoms with Gasteiger partial charge in [-0.25, -0.2) is 0 Å². The van der Waals surface area contributed by atoms with Crippen molar-refractivity contribution in [1.29, 1.82) is 0 Å². The quantitative estimate of drug-likeness (QED) is 0.0371. The van der Waals surface area contributed by atoms with Gasteiger partial charge >= 0.3 is 0 Å². The molecule has 0 spiro atoms. The van der Waals surface area contributed by atoms with Crippen LogP contribution in [0.4, 0.5) is 0 Å². The van der Waals surface area contributed by atoms with E-state index in [1.165, 1.54) is 199 Å². The summed E-state index contributed by atoms with van der Waals surface area (Å²) in [6.45, 7) is 4.23. The van der Waals surface area contributed by atoms with Gasteiger partial charge in [-0.2, -0.15) is 0 Å². The summed E-state index contributed by atoms with van der Waals surface area (Å²) in [4.78, 5) is 12.5. The predicted octanol–water partition coefficient (Wildman–Crippen LogP) is 13.6. The summed E-state index contributed by atoms with van der Waals surface area (Å²) in [5.41, 5.74) is 0. The van der Waals surface area contributed by atoms with Crippen molar-refractivity contribution in [3.05, 3.63) is 12.2 Å². The second-order valence-corrected chi connectivity index (χ2v) is 16.3. The van der Waals surface area contributed by atoms with Crippen LogP contribution in [0.5, 0.6) is 0 Å². The van der Waals surface area contributed by atoms with Gasteiger partial charge in [-0.05, 0) is 38.5 Å². The lowest BCUT2D eigenvalue weighted by Gasteiger charge is -2.23. The van der Waals surface area contributed by atoms with Gasteiger partial charge in [0.25, 0.3) is 0 Å². The molecule has 0 saturated carbocycles. The van der Waals surface area contributed by atoms with Gasteiger partial charge in [0.05, 0.1) is 18.8 Å². The van der Waals surface area contributed by atoms with Gasteiger partial charge in [-0.1, -0.05) is 231 Å². The lowest BCUT2D eigenvalue weighted by Crippen LogP contribution is -2.49. The highest BCUT2D eigenvalue weighted by Gasteiger charge is 2.23. The fourth-order valence-corrected chi connectivity index (χ4v) is 7.42. The summed E-state index contributed by atoms with van der Waals surface area (Å²) in [7, 11) is 0. The Balaban J connectivity index is 3.52. The zero-order chi connectivity index (χ0) is 38.0. The lowest BCUT2D eigenvalue weighted by molar-refractivity contribution is -0.131. The van der Waals surface area contributed by atoms with Gasteiger partial charge in [0.2, 0.25) is 5.91 Å².